The van der Waals surface area contributed by atoms with Gasteiger partial charge in [-0.15, -0.1) is 0 Å². The molecule has 62 valence electrons. The van der Waals surface area contributed by atoms with E-state index in [4.69, 9.17) is 0 Å². The third kappa shape index (κ3) is 1.92. The lowest BCUT2D eigenvalue weighted by Crippen LogP contribution is -1.86. The summed E-state index contributed by atoms with van der Waals surface area (Å²) < 4.78 is 0. The van der Waals surface area contributed by atoms with Gasteiger partial charge in [0.15, 0.2) is 0 Å². The molecule has 0 aliphatic rings. The molecule has 0 bridgehead atoms. The largest absolute Gasteiger partial charge is 0.269 e. The molecule has 0 aromatic heterocycles. The third-order valence-electron chi connectivity index (χ3n) is 1.46. The number of nitrogens with zero attached hydrogens (tertiary/aromatic N) is 1. The first-order valence-corrected chi connectivity index (χ1v) is 3.61. The fraction of sp³-hybridized carbons (Fsp3) is 0.111. The zero-order valence-electron chi connectivity index (χ0n) is 6.73. The van der Waals surface area contributed by atoms with E-state index in [0.29, 0.717) is 0 Å². The van der Waals surface area contributed by atoms with Crippen LogP contribution in [0.3, 0.4) is 0 Å². The van der Waals surface area contributed by atoms with Crippen LogP contribution in [0.25, 0.3) is 6.08 Å². The SMILES string of the molecule is C/C=C\c1ccc([N+](=O)[O-])cc1. The van der Waals surface area contributed by atoms with E-state index in [0.717, 1.165) is 5.56 Å². The van der Waals surface area contributed by atoms with Gasteiger partial charge in [-0.05, 0) is 24.6 Å². The van der Waals surface area contributed by atoms with E-state index in [2.05, 4.69) is 0 Å². The van der Waals surface area contributed by atoms with Crippen LogP contribution in [-0.2, 0) is 0 Å². The second-order valence-corrected chi connectivity index (χ2v) is 2.35. The van der Waals surface area contributed by atoms with Crippen LogP contribution in [0.2, 0.25) is 0 Å². The molecule has 0 atom stereocenters. The van der Waals surface area contributed by atoms with Gasteiger partial charge in [0, 0.05) is 12.1 Å². The van der Waals surface area contributed by atoms with E-state index in [1.165, 1.54) is 12.1 Å². The first kappa shape index (κ1) is 8.46. The number of benzene rings is 1. The predicted molar refractivity (Wildman–Crippen MR) is 47.8 cm³/mol. The van der Waals surface area contributed by atoms with Crippen LogP contribution in [0, 0.1) is 10.1 Å². The Morgan fingerprint density at radius 3 is 2.33 bits per heavy atom. The van der Waals surface area contributed by atoms with E-state index in [-0.39, 0.29) is 5.69 Å². The lowest BCUT2D eigenvalue weighted by Gasteiger charge is -1.91. The summed E-state index contributed by atoms with van der Waals surface area (Å²) in [5, 5.41) is 10.3. The highest BCUT2D eigenvalue weighted by Gasteiger charge is 2.01. The van der Waals surface area contributed by atoms with Crippen molar-refractivity contribution in [3.8, 4) is 0 Å². The van der Waals surface area contributed by atoms with Crippen molar-refractivity contribution < 1.29 is 4.92 Å². The van der Waals surface area contributed by atoms with Crippen LogP contribution < -0.4 is 0 Å². The van der Waals surface area contributed by atoms with Gasteiger partial charge in [-0.3, -0.25) is 10.1 Å². The molecule has 0 amide bonds. The van der Waals surface area contributed by atoms with E-state index in [1.807, 2.05) is 19.1 Å². The first-order valence-electron chi connectivity index (χ1n) is 3.61. The van der Waals surface area contributed by atoms with Gasteiger partial charge in [0.1, 0.15) is 0 Å². The number of allylic oxidation sites excluding steroid dienone is 1. The summed E-state index contributed by atoms with van der Waals surface area (Å²) in [7, 11) is 0. The van der Waals surface area contributed by atoms with E-state index in [9.17, 15) is 10.1 Å². The molecule has 0 unspecified atom stereocenters. The first-order chi connectivity index (χ1) is 5.74. The minimum atomic E-state index is -0.403. The fourth-order valence-electron chi connectivity index (χ4n) is 0.900. The second-order valence-electron chi connectivity index (χ2n) is 2.35. The normalized spacial score (nSPS) is 10.4. The maximum atomic E-state index is 10.3. The van der Waals surface area contributed by atoms with Gasteiger partial charge in [0.2, 0.25) is 0 Å². The zero-order chi connectivity index (χ0) is 8.97. The summed E-state index contributed by atoms with van der Waals surface area (Å²) in [6.07, 6.45) is 3.78. The van der Waals surface area contributed by atoms with E-state index in [1.54, 1.807) is 12.1 Å². The average molecular weight is 163 g/mol. The van der Waals surface area contributed by atoms with Crippen molar-refractivity contribution in [3.05, 3.63) is 46.0 Å². The molecule has 1 aromatic carbocycles. The lowest BCUT2D eigenvalue weighted by atomic mass is 10.2. The summed E-state index contributed by atoms with van der Waals surface area (Å²) in [4.78, 5) is 9.85. The van der Waals surface area contributed by atoms with Crippen molar-refractivity contribution in [2.75, 3.05) is 0 Å². The van der Waals surface area contributed by atoms with Crippen LogP contribution in [0.15, 0.2) is 30.3 Å². The number of nitro groups is 1. The van der Waals surface area contributed by atoms with Crippen molar-refractivity contribution in [2.45, 2.75) is 6.92 Å². The summed E-state index contributed by atoms with van der Waals surface area (Å²) in [6, 6.07) is 6.43. The van der Waals surface area contributed by atoms with Crippen LogP contribution in [0.1, 0.15) is 12.5 Å². The Balaban J connectivity index is 2.93. The van der Waals surface area contributed by atoms with Gasteiger partial charge in [-0.1, -0.05) is 12.2 Å². The minimum Gasteiger partial charge on any atom is -0.258 e. The summed E-state index contributed by atoms with van der Waals surface area (Å²) in [6.45, 7) is 1.90. The number of nitro benzene ring substituents is 1. The molecule has 1 rings (SSSR count). The standard InChI is InChI=1S/C9H9NO2/c1-2-3-8-4-6-9(7-5-8)10(11)12/h2-7H,1H3/b3-2-. The Morgan fingerprint density at radius 2 is 1.92 bits per heavy atom. The summed E-state index contributed by atoms with van der Waals surface area (Å²) in [5.74, 6) is 0. The van der Waals surface area contributed by atoms with Gasteiger partial charge in [-0.2, -0.15) is 0 Å². The van der Waals surface area contributed by atoms with Crippen LogP contribution in [-0.4, -0.2) is 4.92 Å². The molecule has 0 heterocycles. The Morgan fingerprint density at radius 1 is 1.33 bits per heavy atom. The number of hydrogen-bond donors (Lipinski definition) is 0. The Bertz CT molecular complexity index is 301. The van der Waals surface area contributed by atoms with Crippen LogP contribution in [0.5, 0.6) is 0 Å². The molecule has 3 heteroatoms. The molecule has 0 N–H and O–H groups in total. The average Bonchev–Trinajstić information content (AvgIpc) is 2.06. The smallest absolute Gasteiger partial charge is 0.258 e. The highest BCUT2D eigenvalue weighted by atomic mass is 16.6. The highest BCUT2D eigenvalue weighted by molar-refractivity contribution is 5.51. The lowest BCUT2D eigenvalue weighted by molar-refractivity contribution is -0.384. The molecule has 0 saturated carbocycles. The molecular weight excluding hydrogens is 154 g/mol. The molecule has 0 aliphatic carbocycles. The maximum absolute atomic E-state index is 10.3. The van der Waals surface area contributed by atoms with Crippen molar-refractivity contribution in [1.82, 2.24) is 0 Å². The topological polar surface area (TPSA) is 43.1 Å². The Hall–Kier alpha value is -1.64. The summed E-state index contributed by atoms with van der Waals surface area (Å²) in [5.41, 5.74) is 1.10. The number of hydrogen-bond acceptors (Lipinski definition) is 2. The van der Waals surface area contributed by atoms with Crippen molar-refractivity contribution >= 4 is 11.8 Å². The van der Waals surface area contributed by atoms with Gasteiger partial charge in [0.05, 0.1) is 4.92 Å². The Kier molecular flexibility index (Phi) is 2.58. The molecule has 1 aromatic rings. The monoisotopic (exact) mass is 163 g/mol. The van der Waals surface area contributed by atoms with Gasteiger partial charge < -0.3 is 0 Å². The van der Waals surface area contributed by atoms with Gasteiger partial charge >= 0.3 is 0 Å². The Labute approximate surface area is 70.5 Å². The molecular formula is C9H9NO2. The highest BCUT2D eigenvalue weighted by Crippen LogP contribution is 2.12. The molecule has 0 saturated heterocycles. The molecule has 0 aliphatic heterocycles. The maximum Gasteiger partial charge on any atom is 0.269 e. The predicted octanol–water partition coefficient (Wildman–Crippen LogP) is 2.63. The van der Waals surface area contributed by atoms with Crippen molar-refractivity contribution in [2.24, 2.45) is 0 Å². The van der Waals surface area contributed by atoms with Gasteiger partial charge in [-0.25, -0.2) is 0 Å². The second kappa shape index (κ2) is 3.67. The fourth-order valence-corrected chi connectivity index (χ4v) is 0.900. The molecule has 3 nitrogen and oxygen atoms in total. The molecule has 0 radical (unpaired) electrons. The van der Waals surface area contributed by atoms with E-state index < -0.39 is 4.92 Å². The minimum absolute atomic E-state index is 0.128. The number of rotatable bonds is 2. The molecule has 0 fully saturated rings. The quantitative estimate of drug-likeness (QED) is 0.496. The van der Waals surface area contributed by atoms with Crippen LogP contribution >= 0.6 is 0 Å². The number of non-ortho nitro benzene ring substituents is 1. The molecule has 0 spiro atoms. The van der Waals surface area contributed by atoms with Crippen molar-refractivity contribution in [3.63, 3.8) is 0 Å². The summed E-state index contributed by atoms with van der Waals surface area (Å²) >= 11 is 0. The van der Waals surface area contributed by atoms with E-state index >= 15 is 0 Å². The van der Waals surface area contributed by atoms with Crippen LogP contribution in [0.4, 0.5) is 5.69 Å². The van der Waals surface area contributed by atoms with Gasteiger partial charge in [0.25, 0.3) is 5.69 Å². The van der Waals surface area contributed by atoms with Crippen molar-refractivity contribution in [1.29, 1.82) is 0 Å². The molecule has 12 heavy (non-hydrogen) atoms. The zero-order valence-corrected chi connectivity index (χ0v) is 6.73. The third-order valence-corrected chi connectivity index (χ3v) is 1.46.